The minimum absolute atomic E-state index is 0.260. The van der Waals surface area contributed by atoms with Crippen molar-refractivity contribution in [2.45, 2.75) is 20.0 Å². The summed E-state index contributed by atoms with van der Waals surface area (Å²) < 4.78 is 15.7. The molecule has 0 spiro atoms. The average Bonchev–Trinajstić information content (AvgIpc) is 2.52. The van der Waals surface area contributed by atoms with Crippen molar-refractivity contribution in [3.05, 3.63) is 17.7 Å². The summed E-state index contributed by atoms with van der Waals surface area (Å²) in [6.07, 6.45) is -0.125. The van der Waals surface area contributed by atoms with E-state index in [0.29, 0.717) is 35.6 Å². The predicted molar refractivity (Wildman–Crippen MR) is 77.5 cm³/mol. The van der Waals surface area contributed by atoms with Crippen LogP contribution in [-0.2, 0) is 14.3 Å². The molecule has 0 saturated heterocycles. The number of carbonyl (C=O) groups is 3. The van der Waals surface area contributed by atoms with Crippen LogP contribution in [0.1, 0.15) is 24.2 Å². The lowest BCUT2D eigenvalue weighted by Crippen LogP contribution is -2.47. The molecule has 118 valence electrons. The van der Waals surface area contributed by atoms with Crippen LogP contribution < -0.4 is 14.4 Å². The van der Waals surface area contributed by atoms with Gasteiger partial charge in [-0.25, -0.2) is 0 Å². The molecule has 22 heavy (non-hydrogen) atoms. The van der Waals surface area contributed by atoms with Crippen molar-refractivity contribution in [2.75, 3.05) is 25.2 Å². The first-order valence-electron chi connectivity index (χ1n) is 6.82. The molecule has 0 fully saturated rings. The molecule has 0 aliphatic carbocycles. The van der Waals surface area contributed by atoms with Crippen molar-refractivity contribution >= 4 is 23.9 Å². The molecular formula is C15H17NO6. The molecule has 1 atom stereocenters. The summed E-state index contributed by atoms with van der Waals surface area (Å²) in [7, 11) is 1.24. The molecule has 0 bridgehead atoms. The fourth-order valence-electron chi connectivity index (χ4n) is 2.18. The monoisotopic (exact) mass is 307 g/mol. The zero-order valence-corrected chi connectivity index (χ0v) is 12.6. The topological polar surface area (TPSA) is 82.1 Å². The maximum absolute atomic E-state index is 12.3. The maximum atomic E-state index is 12.3. The molecule has 0 saturated carbocycles. The van der Waals surface area contributed by atoms with Crippen molar-refractivity contribution in [3.63, 3.8) is 0 Å². The van der Waals surface area contributed by atoms with Gasteiger partial charge in [0.15, 0.2) is 17.6 Å². The summed E-state index contributed by atoms with van der Waals surface area (Å²) in [6, 6.07) is 3.02. The smallest absolute Gasteiger partial charge is 0.325 e. The molecule has 2 rings (SSSR count). The highest BCUT2D eigenvalue weighted by molar-refractivity contribution is 6.04. The Morgan fingerprint density at radius 1 is 1.45 bits per heavy atom. The highest BCUT2D eigenvalue weighted by atomic mass is 16.5. The third-order valence-corrected chi connectivity index (χ3v) is 3.21. The lowest BCUT2D eigenvalue weighted by atomic mass is 10.1. The van der Waals surface area contributed by atoms with E-state index in [9.17, 15) is 14.4 Å². The molecule has 7 nitrogen and oxygen atoms in total. The zero-order valence-electron chi connectivity index (χ0n) is 12.6. The molecule has 1 aliphatic heterocycles. The number of hydrogen-bond donors (Lipinski definition) is 0. The van der Waals surface area contributed by atoms with Crippen LogP contribution in [-0.4, -0.2) is 44.5 Å². The number of benzene rings is 1. The van der Waals surface area contributed by atoms with E-state index in [0.717, 1.165) is 0 Å². The van der Waals surface area contributed by atoms with Crippen molar-refractivity contribution in [2.24, 2.45) is 0 Å². The van der Waals surface area contributed by atoms with Crippen LogP contribution in [0.4, 0.5) is 5.69 Å². The minimum atomic E-state index is -0.765. The predicted octanol–water partition coefficient (Wildman–Crippen LogP) is 1.18. The molecule has 7 heteroatoms. The van der Waals surface area contributed by atoms with Crippen molar-refractivity contribution < 1.29 is 28.6 Å². The fraction of sp³-hybridized carbons (Fsp3) is 0.400. The Morgan fingerprint density at radius 2 is 2.18 bits per heavy atom. The van der Waals surface area contributed by atoms with Crippen LogP contribution in [0.25, 0.3) is 0 Å². The molecule has 0 N–H and O–H groups in total. The minimum Gasteiger partial charge on any atom is -0.490 e. The summed E-state index contributed by atoms with van der Waals surface area (Å²) in [5.41, 5.74) is 0.643. The fourth-order valence-corrected chi connectivity index (χ4v) is 2.18. The van der Waals surface area contributed by atoms with E-state index in [-0.39, 0.29) is 12.5 Å². The lowest BCUT2D eigenvalue weighted by Gasteiger charge is -2.33. The summed E-state index contributed by atoms with van der Waals surface area (Å²) >= 11 is 0. The van der Waals surface area contributed by atoms with Gasteiger partial charge in [0, 0.05) is 5.56 Å². The van der Waals surface area contributed by atoms with Crippen molar-refractivity contribution in [1.82, 2.24) is 0 Å². The number of rotatable bonds is 5. The number of esters is 1. The van der Waals surface area contributed by atoms with Crippen molar-refractivity contribution in [1.29, 1.82) is 0 Å². The lowest BCUT2D eigenvalue weighted by molar-refractivity contribution is -0.140. The van der Waals surface area contributed by atoms with Gasteiger partial charge >= 0.3 is 5.97 Å². The quantitative estimate of drug-likeness (QED) is 0.600. The van der Waals surface area contributed by atoms with Gasteiger partial charge in [-0.1, -0.05) is 0 Å². The van der Waals surface area contributed by atoms with Gasteiger partial charge in [-0.2, -0.15) is 0 Å². The highest BCUT2D eigenvalue weighted by Crippen LogP contribution is 2.42. The Labute approximate surface area is 127 Å². The number of fused-ring (bicyclic) bond motifs is 1. The van der Waals surface area contributed by atoms with E-state index < -0.39 is 12.1 Å². The average molecular weight is 307 g/mol. The number of carbonyl (C=O) groups excluding carboxylic acids is 3. The summed E-state index contributed by atoms with van der Waals surface area (Å²) in [5, 5.41) is 0. The van der Waals surface area contributed by atoms with Crippen LogP contribution in [0.15, 0.2) is 12.1 Å². The van der Waals surface area contributed by atoms with E-state index in [4.69, 9.17) is 9.47 Å². The number of hydrogen-bond acceptors (Lipinski definition) is 6. The highest BCUT2D eigenvalue weighted by Gasteiger charge is 2.35. The Bertz CT molecular complexity index is 612. The van der Waals surface area contributed by atoms with Gasteiger partial charge < -0.3 is 14.2 Å². The van der Waals surface area contributed by atoms with Gasteiger partial charge in [0.2, 0.25) is 0 Å². The van der Waals surface area contributed by atoms with E-state index in [2.05, 4.69) is 4.74 Å². The second kappa shape index (κ2) is 6.46. The third-order valence-electron chi connectivity index (χ3n) is 3.21. The van der Waals surface area contributed by atoms with E-state index in [1.54, 1.807) is 13.8 Å². The number of amides is 1. The van der Waals surface area contributed by atoms with Gasteiger partial charge in [-0.3, -0.25) is 19.3 Å². The van der Waals surface area contributed by atoms with Gasteiger partial charge in [-0.15, -0.1) is 0 Å². The van der Waals surface area contributed by atoms with Gasteiger partial charge in [-0.05, 0) is 26.0 Å². The maximum Gasteiger partial charge on any atom is 0.325 e. The van der Waals surface area contributed by atoms with Crippen LogP contribution in [0.2, 0.25) is 0 Å². The first-order chi connectivity index (χ1) is 10.5. The van der Waals surface area contributed by atoms with E-state index in [1.807, 2.05) is 0 Å². The number of ether oxygens (including phenoxy) is 3. The Kier molecular flexibility index (Phi) is 4.65. The number of anilines is 1. The molecule has 1 heterocycles. The summed E-state index contributed by atoms with van der Waals surface area (Å²) in [4.78, 5) is 36.2. The number of methoxy groups -OCH3 is 1. The SMILES string of the molecule is CCOc1cc(C=O)cc2c1OC(C)C(=O)N2CC(=O)OC. The van der Waals surface area contributed by atoms with Crippen molar-refractivity contribution in [3.8, 4) is 11.5 Å². The summed E-state index contributed by atoms with van der Waals surface area (Å²) in [5.74, 6) is -0.258. The Balaban J connectivity index is 2.55. The molecule has 1 unspecified atom stereocenters. The number of nitrogens with zero attached hydrogens (tertiary/aromatic N) is 1. The Morgan fingerprint density at radius 3 is 2.77 bits per heavy atom. The van der Waals surface area contributed by atoms with Gasteiger partial charge in [0.25, 0.3) is 5.91 Å². The molecule has 1 aromatic rings. The molecule has 1 aromatic carbocycles. The molecule has 0 aromatic heterocycles. The summed E-state index contributed by atoms with van der Waals surface area (Å²) in [6.45, 7) is 3.49. The molecule has 1 amide bonds. The van der Waals surface area contributed by atoms with Crippen LogP contribution in [0.3, 0.4) is 0 Å². The van der Waals surface area contributed by atoms with Gasteiger partial charge in [0.05, 0.1) is 19.4 Å². The molecular weight excluding hydrogens is 290 g/mol. The second-order valence-electron chi connectivity index (χ2n) is 4.68. The first-order valence-corrected chi connectivity index (χ1v) is 6.82. The Hall–Kier alpha value is -2.57. The van der Waals surface area contributed by atoms with Crippen LogP contribution >= 0.6 is 0 Å². The van der Waals surface area contributed by atoms with Crippen LogP contribution in [0.5, 0.6) is 11.5 Å². The van der Waals surface area contributed by atoms with Crippen LogP contribution in [0, 0.1) is 0 Å². The van der Waals surface area contributed by atoms with E-state index >= 15 is 0 Å². The molecule has 0 radical (unpaired) electrons. The van der Waals surface area contributed by atoms with E-state index in [1.165, 1.54) is 24.1 Å². The standard InChI is InChI=1S/C15H17NO6/c1-4-21-12-6-10(8-17)5-11-14(12)22-9(2)15(19)16(11)7-13(18)20-3/h5-6,8-9H,4,7H2,1-3H3. The number of aldehydes is 1. The zero-order chi connectivity index (χ0) is 16.3. The first kappa shape index (κ1) is 15.8. The van der Waals surface area contributed by atoms with Gasteiger partial charge in [0.1, 0.15) is 12.8 Å². The second-order valence-corrected chi connectivity index (χ2v) is 4.68. The normalized spacial score (nSPS) is 16.6. The largest absolute Gasteiger partial charge is 0.490 e. The third kappa shape index (κ3) is 2.88. The molecule has 1 aliphatic rings.